The lowest BCUT2D eigenvalue weighted by Gasteiger charge is -2.09. The summed E-state index contributed by atoms with van der Waals surface area (Å²) in [6, 6.07) is 6.28. The number of aliphatic imine (C=N–C) groups is 1. The molecule has 0 aliphatic carbocycles. The summed E-state index contributed by atoms with van der Waals surface area (Å²) in [6.07, 6.45) is 1.04. The first-order valence-corrected chi connectivity index (χ1v) is 7.03. The lowest BCUT2D eigenvalue weighted by atomic mass is 10.1. The first-order chi connectivity index (χ1) is 8.20. The van der Waals surface area contributed by atoms with Gasteiger partial charge in [-0.25, -0.2) is 0 Å². The molecule has 0 spiro atoms. The van der Waals surface area contributed by atoms with E-state index in [9.17, 15) is 0 Å². The number of nitrogens with zero attached hydrogens (tertiary/aromatic N) is 1. The fourth-order valence-corrected chi connectivity index (χ4v) is 2.85. The Hall–Kier alpha value is -0.960. The molecule has 3 heteroatoms. The van der Waals surface area contributed by atoms with Crippen LogP contribution in [0.4, 0.5) is 0 Å². The zero-order valence-electron chi connectivity index (χ0n) is 10.7. The van der Waals surface area contributed by atoms with Crippen LogP contribution in [0.2, 0.25) is 0 Å². The number of hydrogen-bond donors (Lipinski definition) is 0. The van der Waals surface area contributed by atoms with Crippen LogP contribution < -0.4 is 4.74 Å². The molecule has 1 aromatic rings. The minimum atomic E-state index is 0.611. The Bertz CT molecular complexity index is 428. The van der Waals surface area contributed by atoms with Gasteiger partial charge in [0.2, 0.25) is 0 Å². The molecular formula is C14H19NOS. The second-order valence-corrected chi connectivity index (χ2v) is 5.83. The molecule has 92 valence electrons. The molecule has 1 heterocycles. The van der Waals surface area contributed by atoms with Crippen LogP contribution in [-0.4, -0.2) is 23.4 Å². The predicted molar refractivity (Wildman–Crippen MR) is 75.4 cm³/mol. The summed E-state index contributed by atoms with van der Waals surface area (Å²) >= 11 is 1.87. The SMILES string of the molecule is CCCOc1ccc(C2=NC[C@H](C)S2)c(C)c1. The van der Waals surface area contributed by atoms with Gasteiger partial charge in [0.1, 0.15) is 5.75 Å². The van der Waals surface area contributed by atoms with Crippen LogP contribution in [0.15, 0.2) is 23.2 Å². The molecule has 0 N–H and O–H groups in total. The highest BCUT2D eigenvalue weighted by Crippen LogP contribution is 2.28. The van der Waals surface area contributed by atoms with Crippen molar-refractivity contribution in [3.63, 3.8) is 0 Å². The van der Waals surface area contributed by atoms with E-state index in [2.05, 4.69) is 37.9 Å². The van der Waals surface area contributed by atoms with Crippen molar-refractivity contribution in [1.82, 2.24) is 0 Å². The van der Waals surface area contributed by atoms with Gasteiger partial charge in [-0.2, -0.15) is 0 Å². The minimum Gasteiger partial charge on any atom is -0.494 e. The molecule has 1 aliphatic heterocycles. The smallest absolute Gasteiger partial charge is 0.119 e. The molecular weight excluding hydrogens is 230 g/mol. The van der Waals surface area contributed by atoms with Crippen molar-refractivity contribution in [3.8, 4) is 5.75 Å². The fourth-order valence-electron chi connectivity index (χ4n) is 1.81. The number of rotatable bonds is 4. The number of hydrogen-bond acceptors (Lipinski definition) is 3. The van der Waals surface area contributed by atoms with E-state index in [0.717, 1.165) is 25.3 Å². The maximum absolute atomic E-state index is 5.63. The van der Waals surface area contributed by atoms with Crippen molar-refractivity contribution in [2.24, 2.45) is 4.99 Å². The number of ether oxygens (including phenoxy) is 1. The molecule has 0 radical (unpaired) electrons. The zero-order chi connectivity index (χ0) is 12.3. The number of aryl methyl sites for hydroxylation is 1. The molecule has 0 fully saturated rings. The zero-order valence-corrected chi connectivity index (χ0v) is 11.5. The topological polar surface area (TPSA) is 21.6 Å². The highest BCUT2D eigenvalue weighted by molar-refractivity contribution is 8.15. The summed E-state index contributed by atoms with van der Waals surface area (Å²) in [4.78, 5) is 4.58. The van der Waals surface area contributed by atoms with Crippen LogP contribution in [0.25, 0.3) is 0 Å². The number of thioether (sulfide) groups is 1. The lowest BCUT2D eigenvalue weighted by Crippen LogP contribution is -2.00. The van der Waals surface area contributed by atoms with Gasteiger partial charge in [0.15, 0.2) is 0 Å². The van der Waals surface area contributed by atoms with E-state index >= 15 is 0 Å². The standard InChI is InChI=1S/C14H19NOS/c1-4-7-16-12-5-6-13(10(2)8-12)14-15-9-11(3)17-14/h5-6,8,11H,4,7,9H2,1-3H3/t11-/m0/s1. The molecule has 0 saturated heterocycles. The molecule has 0 amide bonds. The molecule has 2 rings (SSSR count). The minimum absolute atomic E-state index is 0.611. The van der Waals surface area contributed by atoms with Crippen LogP contribution >= 0.6 is 11.8 Å². The van der Waals surface area contributed by atoms with Gasteiger partial charge < -0.3 is 4.74 Å². The van der Waals surface area contributed by atoms with Gasteiger partial charge in [0.05, 0.1) is 18.2 Å². The average molecular weight is 249 g/mol. The maximum Gasteiger partial charge on any atom is 0.119 e. The van der Waals surface area contributed by atoms with Crippen molar-refractivity contribution in [1.29, 1.82) is 0 Å². The summed E-state index contributed by atoms with van der Waals surface area (Å²) in [5, 5.41) is 1.79. The van der Waals surface area contributed by atoms with Crippen LogP contribution in [0.3, 0.4) is 0 Å². The summed E-state index contributed by atoms with van der Waals surface area (Å²) in [5.41, 5.74) is 2.50. The molecule has 0 aromatic heterocycles. The van der Waals surface area contributed by atoms with E-state index in [1.165, 1.54) is 16.2 Å². The Balaban J connectivity index is 2.14. The molecule has 1 aromatic carbocycles. The molecule has 0 bridgehead atoms. The van der Waals surface area contributed by atoms with Crippen LogP contribution in [-0.2, 0) is 0 Å². The normalized spacial score (nSPS) is 19.2. The van der Waals surface area contributed by atoms with Gasteiger partial charge in [0.25, 0.3) is 0 Å². The summed E-state index contributed by atoms with van der Waals surface area (Å²) in [5.74, 6) is 0.963. The first-order valence-electron chi connectivity index (χ1n) is 6.15. The fraction of sp³-hybridized carbons (Fsp3) is 0.500. The third-order valence-corrected chi connectivity index (χ3v) is 3.83. The second kappa shape index (κ2) is 5.58. The third-order valence-electron chi connectivity index (χ3n) is 2.71. The molecule has 1 aliphatic rings. The second-order valence-electron chi connectivity index (χ2n) is 4.40. The largest absolute Gasteiger partial charge is 0.494 e. The van der Waals surface area contributed by atoms with Crippen molar-refractivity contribution in [2.75, 3.05) is 13.2 Å². The summed E-state index contributed by atoms with van der Waals surface area (Å²) < 4.78 is 5.63. The van der Waals surface area contributed by atoms with Gasteiger partial charge in [-0.1, -0.05) is 13.8 Å². The Morgan fingerprint density at radius 1 is 1.47 bits per heavy atom. The Labute approximate surface area is 107 Å². The monoisotopic (exact) mass is 249 g/mol. The van der Waals surface area contributed by atoms with Crippen LogP contribution in [0.5, 0.6) is 5.75 Å². The van der Waals surface area contributed by atoms with Gasteiger partial charge in [-0.15, -0.1) is 11.8 Å². The maximum atomic E-state index is 5.63. The van der Waals surface area contributed by atoms with Gasteiger partial charge in [0, 0.05) is 10.8 Å². The average Bonchev–Trinajstić information content (AvgIpc) is 2.73. The molecule has 0 unspecified atom stereocenters. The van der Waals surface area contributed by atoms with E-state index in [4.69, 9.17) is 4.74 Å². The van der Waals surface area contributed by atoms with Crippen LogP contribution in [0.1, 0.15) is 31.4 Å². The highest BCUT2D eigenvalue weighted by atomic mass is 32.2. The molecule has 0 saturated carbocycles. The molecule has 17 heavy (non-hydrogen) atoms. The van der Waals surface area contributed by atoms with Gasteiger partial charge in [-0.3, -0.25) is 4.99 Å². The molecule has 1 atom stereocenters. The van der Waals surface area contributed by atoms with Crippen molar-refractivity contribution < 1.29 is 4.74 Å². The third kappa shape index (κ3) is 3.03. The van der Waals surface area contributed by atoms with E-state index in [0.29, 0.717) is 5.25 Å². The van der Waals surface area contributed by atoms with E-state index in [-0.39, 0.29) is 0 Å². The Morgan fingerprint density at radius 3 is 2.88 bits per heavy atom. The van der Waals surface area contributed by atoms with E-state index < -0.39 is 0 Å². The van der Waals surface area contributed by atoms with Gasteiger partial charge >= 0.3 is 0 Å². The number of benzene rings is 1. The Kier molecular flexibility index (Phi) is 4.11. The summed E-state index contributed by atoms with van der Waals surface area (Å²) in [7, 11) is 0. The summed E-state index contributed by atoms with van der Waals surface area (Å²) in [6.45, 7) is 8.18. The molecule has 2 nitrogen and oxygen atoms in total. The lowest BCUT2D eigenvalue weighted by molar-refractivity contribution is 0.317. The first kappa shape index (κ1) is 12.5. The quantitative estimate of drug-likeness (QED) is 0.812. The highest BCUT2D eigenvalue weighted by Gasteiger charge is 2.18. The van der Waals surface area contributed by atoms with Gasteiger partial charge in [-0.05, 0) is 37.1 Å². The van der Waals surface area contributed by atoms with E-state index in [1.54, 1.807) is 0 Å². The van der Waals surface area contributed by atoms with Crippen molar-refractivity contribution in [2.45, 2.75) is 32.4 Å². The van der Waals surface area contributed by atoms with Crippen molar-refractivity contribution in [3.05, 3.63) is 29.3 Å². The van der Waals surface area contributed by atoms with Crippen LogP contribution in [0, 0.1) is 6.92 Å². The Morgan fingerprint density at radius 2 is 2.29 bits per heavy atom. The van der Waals surface area contributed by atoms with Crippen molar-refractivity contribution >= 4 is 16.8 Å². The van der Waals surface area contributed by atoms with E-state index in [1.807, 2.05) is 17.8 Å². The predicted octanol–water partition coefficient (Wildman–Crippen LogP) is 3.67.